The maximum atomic E-state index is 13.9. The number of quaternary nitrogens is 1. The average molecular weight is 344 g/mol. The molecule has 1 saturated heterocycles. The van der Waals surface area contributed by atoms with Gasteiger partial charge in [-0.25, -0.2) is 4.90 Å². The van der Waals surface area contributed by atoms with Gasteiger partial charge < -0.3 is 9.85 Å². The van der Waals surface area contributed by atoms with Crippen molar-refractivity contribution in [3.05, 3.63) is 107 Å². The molecule has 0 amide bonds. The topological polar surface area (TPSA) is 26.3 Å². The van der Waals surface area contributed by atoms with Crippen molar-refractivity contribution in [1.82, 2.24) is 9.55 Å². The van der Waals surface area contributed by atoms with Gasteiger partial charge in [-0.2, -0.15) is 0 Å². The van der Waals surface area contributed by atoms with Crippen LogP contribution in [0.2, 0.25) is 0 Å². The highest BCUT2D eigenvalue weighted by molar-refractivity contribution is 5.45. The summed E-state index contributed by atoms with van der Waals surface area (Å²) in [6.45, 7) is 2.12. The summed E-state index contributed by atoms with van der Waals surface area (Å²) in [4.78, 5) is 2.29. The molecule has 1 heterocycles. The van der Waals surface area contributed by atoms with E-state index in [9.17, 15) is 5.21 Å². The van der Waals surface area contributed by atoms with Gasteiger partial charge >= 0.3 is 0 Å². The van der Waals surface area contributed by atoms with Gasteiger partial charge in [-0.1, -0.05) is 78.9 Å². The zero-order valence-corrected chi connectivity index (χ0v) is 14.9. The van der Waals surface area contributed by atoms with Crippen LogP contribution in [0.5, 0.6) is 0 Å². The first-order valence-electron chi connectivity index (χ1n) is 9.18. The average Bonchev–Trinajstić information content (AvgIpc) is 3.00. The number of hydroxylamine groups is 2. The van der Waals surface area contributed by atoms with Gasteiger partial charge in [0, 0.05) is 13.0 Å². The van der Waals surface area contributed by atoms with E-state index in [2.05, 4.69) is 41.3 Å². The molecule has 0 N–H and O–H groups in total. The van der Waals surface area contributed by atoms with Gasteiger partial charge in [-0.3, -0.25) is 0 Å². The Bertz CT molecular complexity index is 823. The Balaban J connectivity index is 1.60. The first kappa shape index (κ1) is 17.0. The van der Waals surface area contributed by atoms with Crippen LogP contribution in [0.15, 0.2) is 91.0 Å². The molecule has 3 aromatic carbocycles. The summed E-state index contributed by atoms with van der Waals surface area (Å²) < 4.78 is -0.275. The van der Waals surface area contributed by atoms with Crippen LogP contribution in [0.25, 0.3) is 0 Å². The minimum absolute atomic E-state index is 0.00325. The van der Waals surface area contributed by atoms with E-state index in [4.69, 9.17) is 0 Å². The van der Waals surface area contributed by atoms with E-state index in [1.807, 2.05) is 54.6 Å². The van der Waals surface area contributed by atoms with Crippen molar-refractivity contribution >= 4 is 5.69 Å². The summed E-state index contributed by atoms with van der Waals surface area (Å²) in [5, 5.41) is 13.9. The number of hydrogen-bond acceptors (Lipinski definition) is 2. The van der Waals surface area contributed by atoms with Crippen molar-refractivity contribution in [3.63, 3.8) is 0 Å². The monoisotopic (exact) mass is 344 g/mol. The molecule has 3 nitrogen and oxygen atoms in total. The van der Waals surface area contributed by atoms with Crippen LogP contribution in [-0.4, -0.2) is 24.2 Å². The standard InChI is InChI=1S/C23H24N2O/c26-25(22-14-8-3-9-15-22)19-24(17-21-12-6-2-7-13-21)18-23(25)16-20-10-4-1-5-11-20/h1-15,23H,16-19H2. The van der Waals surface area contributed by atoms with Gasteiger partial charge in [0.05, 0.1) is 6.54 Å². The summed E-state index contributed by atoms with van der Waals surface area (Å²) in [6, 6.07) is 30.6. The van der Waals surface area contributed by atoms with E-state index in [1.54, 1.807) is 0 Å². The van der Waals surface area contributed by atoms with Crippen molar-refractivity contribution < 1.29 is 0 Å². The van der Waals surface area contributed by atoms with E-state index in [0.29, 0.717) is 6.67 Å². The van der Waals surface area contributed by atoms with Crippen LogP contribution >= 0.6 is 0 Å². The molecule has 0 spiro atoms. The zero-order valence-electron chi connectivity index (χ0n) is 14.9. The lowest BCUT2D eigenvalue weighted by atomic mass is 10.0. The predicted octanol–water partition coefficient (Wildman–Crippen LogP) is 4.58. The van der Waals surface area contributed by atoms with Crippen molar-refractivity contribution in [2.75, 3.05) is 13.2 Å². The van der Waals surface area contributed by atoms with Crippen molar-refractivity contribution in [2.45, 2.75) is 19.0 Å². The van der Waals surface area contributed by atoms with Crippen LogP contribution in [-0.2, 0) is 13.0 Å². The lowest BCUT2D eigenvalue weighted by Gasteiger charge is -2.43. The lowest BCUT2D eigenvalue weighted by molar-refractivity contribution is 0.276. The summed E-state index contributed by atoms with van der Waals surface area (Å²) in [6.07, 6.45) is 0.796. The molecule has 3 aromatic rings. The second-order valence-electron chi connectivity index (χ2n) is 7.11. The van der Waals surface area contributed by atoms with Gasteiger partial charge in [0.2, 0.25) is 0 Å². The Hall–Kier alpha value is -2.46. The minimum atomic E-state index is -0.275. The van der Waals surface area contributed by atoms with Crippen molar-refractivity contribution in [1.29, 1.82) is 0 Å². The molecule has 2 atom stereocenters. The number of para-hydroxylation sites is 1. The van der Waals surface area contributed by atoms with Crippen LogP contribution in [0.1, 0.15) is 11.1 Å². The second-order valence-corrected chi connectivity index (χ2v) is 7.11. The Morgan fingerprint density at radius 2 is 1.31 bits per heavy atom. The SMILES string of the molecule is [O-][N+]1(c2ccccc2)CN(Cc2ccccc2)CC1Cc1ccccc1. The maximum Gasteiger partial charge on any atom is 0.140 e. The highest BCUT2D eigenvalue weighted by Crippen LogP contribution is 2.33. The molecule has 132 valence electrons. The Labute approximate surface area is 155 Å². The molecule has 0 saturated carbocycles. The second kappa shape index (κ2) is 7.42. The predicted molar refractivity (Wildman–Crippen MR) is 107 cm³/mol. The van der Waals surface area contributed by atoms with Crippen molar-refractivity contribution in [2.24, 2.45) is 0 Å². The smallest absolute Gasteiger partial charge is 0.140 e. The largest absolute Gasteiger partial charge is 0.626 e. The van der Waals surface area contributed by atoms with Gasteiger partial charge in [0.15, 0.2) is 0 Å². The van der Waals surface area contributed by atoms with Gasteiger partial charge in [0.1, 0.15) is 18.4 Å². The fourth-order valence-electron chi connectivity index (χ4n) is 3.93. The molecule has 0 bridgehead atoms. The minimum Gasteiger partial charge on any atom is -0.626 e. The molecular formula is C23H24N2O. The van der Waals surface area contributed by atoms with Crippen LogP contribution < -0.4 is 4.65 Å². The maximum absolute atomic E-state index is 13.9. The number of nitrogens with zero attached hydrogens (tertiary/aromatic N) is 2. The molecule has 0 radical (unpaired) electrons. The summed E-state index contributed by atoms with van der Waals surface area (Å²) in [7, 11) is 0. The fourth-order valence-corrected chi connectivity index (χ4v) is 3.93. The highest BCUT2D eigenvalue weighted by Gasteiger charge is 2.41. The number of hydrogen-bond donors (Lipinski definition) is 0. The molecule has 1 aliphatic heterocycles. The summed E-state index contributed by atoms with van der Waals surface area (Å²) in [5.74, 6) is 0. The third-order valence-electron chi connectivity index (χ3n) is 5.23. The molecule has 4 rings (SSSR count). The lowest BCUT2D eigenvalue weighted by Crippen LogP contribution is -2.49. The Kier molecular flexibility index (Phi) is 4.85. The highest BCUT2D eigenvalue weighted by atomic mass is 16.6. The molecule has 3 heteroatoms. The summed E-state index contributed by atoms with van der Waals surface area (Å²) in [5.41, 5.74) is 3.34. The quantitative estimate of drug-likeness (QED) is 0.500. The van der Waals surface area contributed by atoms with E-state index >= 15 is 0 Å². The normalized spacial score (nSPS) is 23.2. The summed E-state index contributed by atoms with van der Waals surface area (Å²) >= 11 is 0. The molecular weight excluding hydrogens is 320 g/mol. The van der Waals surface area contributed by atoms with E-state index < -0.39 is 0 Å². The first-order chi connectivity index (χ1) is 12.7. The molecule has 0 aliphatic carbocycles. The van der Waals surface area contributed by atoms with E-state index in [-0.39, 0.29) is 10.7 Å². The van der Waals surface area contributed by atoms with E-state index in [0.717, 1.165) is 25.2 Å². The van der Waals surface area contributed by atoms with Gasteiger partial charge in [-0.15, -0.1) is 0 Å². The number of rotatable bonds is 5. The van der Waals surface area contributed by atoms with Crippen LogP contribution in [0.3, 0.4) is 0 Å². The molecule has 0 aromatic heterocycles. The molecule has 26 heavy (non-hydrogen) atoms. The van der Waals surface area contributed by atoms with Gasteiger partial charge in [0.25, 0.3) is 0 Å². The van der Waals surface area contributed by atoms with E-state index in [1.165, 1.54) is 11.1 Å². The van der Waals surface area contributed by atoms with Crippen molar-refractivity contribution in [3.8, 4) is 0 Å². The van der Waals surface area contributed by atoms with Crippen LogP contribution in [0.4, 0.5) is 5.69 Å². The third-order valence-corrected chi connectivity index (χ3v) is 5.23. The molecule has 1 fully saturated rings. The molecule has 2 unspecified atom stereocenters. The van der Waals surface area contributed by atoms with Gasteiger partial charge in [-0.05, 0) is 23.3 Å². The fraction of sp³-hybridized carbons (Fsp3) is 0.217. The molecule has 1 aliphatic rings. The Morgan fingerprint density at radius 1 is 0.769 bits per heavy atom. The van der Waals surface area contributed by atoms with Crippen LogP contribution in [0, 0.1) is 5.21 Å². The first-order valence-corrected chi connectivity index (χ1v) is 9.18. The zero-order chi connectivity index (χ0) is 17.8. The Morgan fingerprint density at radius 3 is 1.92 bits per heavy atom. The third kappa shape index (κ3) is 3.56. The number of benzene rings is 3.